The van der Waals surface area contributed by atoms with Crippen molar-refractivity contribution in [3.8, 4) is 0 Å². The van der Waals surface area contributed by atoms with E-state index in [1.54, 1.807) is 24.3 Å². The number of hydrogen-bond donors (Lipinski definition) is 0. The highest BCUT2D eigenvalue weighted by atomic mass is 19.1. The molecule has 0 unspecified atom stereocenters. The van der Waals surface area contributed by atoms with Gasteiger partial charge in [-0.15, -0.1) is 0 Å². The standard InChI is InChI=1S/C23H30F2N2O2/c1-2-28-17-15-26-11-13-27(14-12-26)16-18-29-23(19-3-7-21(24)8-4-19)20-5-9-22(25)10-6-20/h3-10,23H,2,11-18H2,1H3. The minimum atomic E-state index is -0.344. The van der Waals surface area contributed by atoms with Crippen LogP contribution in [0.3, 0.4) is 0 Å². The van der Waals surface area contributed by atoms with Crippen molar-refractivity contribution in [3.05, 3.63) is 71.3 Å². The highest BCUT2D eigenvalue weighted by Crippen LogP contribution is 2.26. The second-order valence-corrected chi connectivity index (χ2v) is 7.23. The molecule has 1 fully saturated rings. The fourth-order valence-corrected chi connectivity index (χ4v) is 3.53. The van der Waals surface area contributed by atoms with Gasteiger partial charge in [-0.25, -0.2) is 8.78 Å². The summed E-state index contributed by atoms with van der Waals surface area (Å²) in [5.41, 5.74) is 1.72. The van der Waals surface area contributed by atoms with Crippen molar-refractivity contribution < 1.29 is 18.3 Å². The van der Waals surface area contributed by atoms with Gasteiger partial charge in [0.25, 0.3) is 0 Å². The topological polar surface area (TPSA) is 24.9 Å². The first kappa shape index (κ1) is 21.8. The van der Waals surface area contributed by atoms with Gasteiger partial charge in [0.2, 0.25) is 0 Å². The number of halogens is 2. The summed E-state index contributed by atoms with van der Waals surface area (Å²) in [7, 11) is 0. The van der Waals surface area contributed by atoms with Crippen LogP contribution in [0.1, 0.15) is 24.2 Å². The summed E-state index contributed by atoms with van der Waals surface area (Å²) in [6.07, 6.45) is -0.344. The lowest BCUT2D eigenvalue weighted by Gasteiger charge is -2.34. The third kappa shape index (κ3) is 6.85. The maximum absolute atomic E-state index is 13.3. The summed E-state index contributed by atoms with van der Waals surface area (Å²) in [4.78, 5) is 4.82. The van der Waals surface area contributed by atoms with Crippen LogP contribution in [0.25, 0.3) is 0 Å². The van der Waals surface area contributed by atoms with Gasteiger partial charge in [0.05, 0.1) is 13.2 Å². The molecule has 29 heavy (non-hydrogen) atoms. The Morgan fingerprint density at radius 3 is 1.66 bits per heavy atom. The molecule has 0 aromatic heterocycles. The van der Waals surface area contributed by atoms with E-state index >= 15 is 0 Å². The number of benzene rings is 2. The van der Waals surface area contributed by atoms with Crippen LogP contribution in [0.4, 0.5) is 8.78 Å². The van der Waals surface area contributed by atoms with Gasteiger partial charge >= 0.3 is 0 Å². The number of ether oxygens (including phenoxy) is 2. The van der Waals surface area contributed by atoms with E-state index in [0.29, 0.717) is 6.61 Å². The van der Waals surface area contributed by atoms with Crippen LogP contribution in [-0.2, 0) is 9.47 Å². The molecular formula is C23H30F2N2O2. The van der Waals surface area contributed by atoms with Gasteiger partial charge in [0.15, 0.2) is 0 Å². The normalized spacial score (nSPS) is 15.9. The molecule has 0 spiro atoms. The predicted molar refractivity (Wildman–Crippen MR) is 110 cm³/mol. The molecule has 1 heterocycles. The van der Waals surface area contributed by atoms with E-state index in [0.717, 1.165) is 63.6 Å². The van der Waals surface area contributed by atoms with Crippen LogP contribution in [0.5, 0.6) is 0 Å². The van der Waals surface area contributed by atoms with E-state index in [2.05, 4.69) is 9.80 Å². The van der Waals surface area contributed by atoms with E-state index in [1.807, 2.05) is 6.92 Å². The van der Waals surface area contributed by atoms with E-state index in [9.17, 15) is 8.78 Å². The van der Waals surface area contributed by atoms with Gasteiger partial charge in [-0.2, -0.15) is 0 Å². The van der Waals surface area contributed by atoms with Crippen LogP contribution < -0.4 is 0 Å². The van der Waals surface area contributed by atoms with Gasteiger partial charge in [-0.3, -0.25) is 9.80 Å². The quantitative estimate of drug-likeness (QED) is 0.564. The zero-order valence-electron chi connectivity index (χ0n) is 17.0. The van der Waals surface area contributed by atoms with Crippen molar-refractivity contribution in [2.75, 3.05) is 59.1 Å². The molecule has 0 amide bonds. The summed E-state index contributed by atoms with van der Waals surface area (Å²) in [5.74, 6) is -0.567. The molecule has 0 saturated carbocycles. The summed E-state index contributed by atoms with van der Waals surface area (Å²) >= 11 is 0. The SMILES string of the molecule is CCOCCN1CCN(CCOC(c2ccc(F)cc2)c2ccc(F)cc2)CC1. The van der Waals surface area contributed by atoms with Crippen molar-refractivity contribution in [3.63, 3.8) is 0 Å². The monoisotopic (exact) mass is 404 g/mol. The Morgan fingerprint density at radius 1 is 0.759 bits per heavy atom. The number of rotatable bonds is 10. The maximum Gasteiger partial charge on any atom is 0.123 e. The molecule has 0 aliphatic carbocycles. The van der Waals surface area contributed by atoms with Gasteiger partial charge in [0, 0.05) is 45.9 Å². The van der Waals surface area contributed by atoms with Crippen LogP contribution in [0.2, 0.25) is 0 Å². The Labute approximate surface area is 172 Å². The molecule has 1 aliphatic rings. The van der Waals surface area contributed by atoms with Crippen molar-refractivity contribution in [1.29, 1.82) is 0 Å². The van der Waals surface area contributed by atoms with Crippen molar-refractivity contribution in [1.82, 2.24) is 9.80 Å². The minimum absolute atomic E-state index is 0.284. The first-order valence-corrected chi connectivity index (χ1v) is 10.3. The third-order valence-corrected chi connectivity index (χ3v) is 5.26. The fraction of sp³-hybridized carbons (Fsp3) is 0.478. The summed E-state index contributed by atoms with van der Waals surface area (Å²) < 4.78 is 38.3. The number of hydrogen-bond acceptors (Lipinski definition) is 4. The Balaban J connectivity index is 1.51. The van der Waals surface area contributed by atoms with Gasteiger partial charge < -0.3 is 9.47 Å². The molecule has 0 N–H and O–H groups in total. The molecule has 0 bridgehead atoms. The number of nitrogens with zero attached hydrogens (tertiary/aromatic N) is 2. The molecule has 0 atom stereocenters. The maximum atomic E-state index is 13.3. The molecule has 2 aromatic rings. The second-order valence-electron chi connectivity index (χ2n) is 7.23. The first-order valence-electron chi connectivity index (χ1n) is 10.3. The summed E-state index contributed by atoms with van der Waals surface area (Å²) in [6.45, 7) is 10.0. The first-order chi connectivity index (χ1) is 14.2. The lowest BCUT2D eigenvalue weighted by atomic mass is 10.0. The Morgan fingerprint density at radius 2 is 1.21 bits per heavy atom. The zero-order valence-corrected chi connectivity index (χ0v) is 17.0. The van der Waals surface area contributed by atoms with Crippen molar-refractivity contribution in [2.45, 2.75) is 13.0 Å². The molecule has 2 aromatic carbocycles. The summed E-state index contributed by atoms with van der Waals surface area (Å²) in [6, 6.07) is 12.6. The molecular weight excluding hydrogens is 374 g/mol. The van der Waals surface area contributed by atoms with Crippen molar-refractivity contribution in [2.24, 2.45) is 0 Å². The highest BCUT2D eigenvalue weighted by Gasteiger charge is 2.19. The minimum Gasteiger partial charge on any atom is -0.380 e. The molecule has 1 aliphatic heterocycles. The highest BCUT2D eigenvalue weighted by molar-refractivity contribution is 5.30. The summed E-state index contributed by atoms with van der Waals surface area (Å²) in [5, 5.41) is 0. The average Bonchev–Trinajstić information content (AvgIpc) is 2.74. The van der Waals surface area contributed by atoms with Crippen LogP contribution in [0, 0.1) is 11.6 Å². The molecule has 4 nitrogen and oxygen atoms in total. The molecule has 1 saturated heterocycles. The zero-order chi connectivity index (χ0) is 20.5. The van der Waals surface area contributed by atoms with E-state index < -0.39 is 0 Å². The van der Waals surface area contributed by atoms with Gasteiger partial charge in [0.1, 0.15) is 17.7 Å². The molecule has 158 valence electrons. The van der Waals surface area contributed by atoms with Gasteiger partial charge in [-0.05, 0) is 42.3 Å². The van der Waals surface area contributed by atoms with Crippen LogP contribution in [-0.4, -0.2) is 68.9 Å². The number of piperazine rings is 1. The average molecular weight is 405 g/mol. The third-order valence-electron chi connectivity index (χ3n) is 5.26. The second kappa shape index (κ2) is 11.4. The lowest BCUT2D eigenvalue weighted by Crippen LogP contribution is -2.48. The van der Waals surface area contributed by atoms with E-state index in [1.165, 1.54) is 24.3 Å². The fourth-order valence-electron chi connectivity index (χ4n) is 3.53. The molecule has 0 radical (unpaired) electrons. The van der Waals surface area contributed by atoms with Crippen molar-refractivity contribution >= 4 is 0 Å². The smallest absolute Gasteiger partial charge is 0.123 e. The lowest BCUT2D eigenvalue weighted by molar-refractivity contribution is 0.0388. The van der Waals surface area contributed by atoms with E-state index in [4.69, 9.17) is 9.47 Å². The molecule has 6 heteroatoms. The Hall–Kier alpha value is -1.86. The van der Waals surface area contributed by atoms with Gasteiger partial charge in [-0.1, -0.05) is 24.3 Å². The van der Waals surface area contributed by atoms with Crippen LogP contribution in [0.15, 0.2) is 48.5 Å². The van der Waals surface area contributed by atoms with E-state index in [-0.39, 0.29) is 17.7 Å². The Bertz CT molecular complexity index is 671. The predicted octanol–water partition coefficient (Wildman–Crippen LogP) is 3.72. The van der Waals surface area contributed by atoms with Crippen LogP contribution >= 0.6 is 0 Å². The molecule has 3 rings (SSSR count). The largest absolute Gasteiger partial charge is 0.380 e. The Kier molecular flexibility index (Phi) is 8.55.